The molecule has 1 aliphatic rings. The van der Waals surface area contributed by atoms with Crippen LogP contribution in [0.4, 0.5) is 0 Å². The van der Waals surface area contributed by atoms with Crippen molar-refractivity contribution in [1.82, 2.24) is 25.0 Å². The molecule has 1 unspecified atom stereocenters. The molecule has 1 saturated heterocycles. The van der Waals surface area contributed by atoms with E-state index < -0.39 is 6.04 Å². The first-order valence-electron chi connectivity index (χ1n) is 5.95. The van der Waals surface area contributed by atoms with Gasteiger partial charge in [-0.25, -0.2) is 9.67 Å². The smallest absolute Gasteiger partial charge is 0.245 e. The van der Waals surface area contributed by atoms with Gasteiger partial charge in [0.15, 0.2) is 0 Å². The second kappa shape index (κ2) is 4.75. The summed E-state index contributed by atoms with van der Waals surface area (Å²) in [4.78, 5) is 29.0. The highest BCUT2D eigenvalue weighted by Crippen LogP contribution is 2.10. The molecule has 0 aliphatic carbocycles. The van der Waals surface area contributed by atoms with E-state index in [0.29, 0.717) is 12.4 Å². The van der Waals surface area contributed by atoms with Crippen molar-refractivity contribution < 1.29 is 9.59 Å². The van der Waals surface area contributed by atoms with Crippen LogP contribution < -0.4 is 5.32 Å². The summed E-state index contributed by atoms with van der Waals surface area (Å²) in [5, 5.41) is 6.71. The molecule has 0 radical (unpaired) electrons. The Bertz CT molecular complexity index is 468. The van der Waals surface area contributed by atoms with E-state index in [0.717, 1.165) is 0 Å². The van der Waals surface area contributed by atoms with Crippen LogP contribution in [-0.4, -0.2) is 44.1 Å². The van der Waals surface area contributed by atoms with Crippen molar-refractivity contribution in [2.75, 3.05) is 6.54 Å². The predicted octanol–water partition coefficient (Wildman–Crippen LogP) is -0.294. The number of carbonyl (C=O) groups excluding carboxylic acids is 2. The topological polar surface area (TPSA) is 80.1 Å². The number of nitrogens with zero attached hydrogens (tertiary/aromatic N) is 4. The van der Waals surface area contributed by atoms with E-state index in [1.807, 2.05) is 13.8 Å². The fourth-order valence-electron chi connectivity index (χ4n) is 2.00. The minimum atomic E-state index is -0.471. The predicted molar refractivity (Wildman–Crippen MR) is 63.4 cm³/mol. The lowest BCUT2D eigenvalue weighted by Crippen LogP contribution is -2.56. The van der Waals surface area contributed by atoms with E-state index in [1.165, 1.54) is 11.2 Å². The Hall–Kier alpha value is -1.92. The van der Waals surface area contributed by atoms with E-state index in [9.17, 15) is 9.59 Å². The molecule has 7 heteroatoms. The zero-order chi connectivity index (χ0) is 13.3. The molecule has 0 aromatic carbocycles. The van der Waals surface area contributed by atoms with Crippen molar-refractivity contribution in [3.63, 3.8) is 0 Å². The number of amides is 2. The molecule has 2 amide bonds. The fourth-order valence-corrected chi connectivity index (χ4v) is 2.00. The van der Waals surface area contributed by atoms with Crippen molar-refractivity contribution in [2.24, 2.45) is 0 Å². The molecule has 2 heterocycles. The summed E-state index contributed by atoms with van der Waals surface area (Å²) in [5.74, 6) is 0.464. The van der Waals surface area contributed by atoms with Gasteiger partial charge in [0.1, 0.15) is 24.7 Å². The fraction of sp³-hybridized carbons (Fsp3) is 0.636. The Labute approximate surface area is 105 Å². The molecule has 2 rings (SSSR count). The first-order valence-corrected chi connectivity index (χ1v) is 5.95. The van der Waals surface area contributed by atoms with Gasteiger partial charge in [-0.15, -0.1) is 0 Å². The molecule has 1 fully saturated rings. The lowest BCUT2D eigenvalue weighted by molar-refractivity contribution is -0.144. The van der Waals surface area contributed by atoms with Crippen LogP contribution in [0.1, 0.15) is 32.6 Å². The van der Waals surface area contributed by atoms with Gasteiger partial charge in [-0.2, -0.15) is 5.10 Å². The highest BCUT2D eigenvalue weighted by Gasteiger charge is 2.30. The molecular formula is C11H17N5O2. The van der Waals surface area contributed by atoms with Gasteiger partial charge in [0.2, 0.25) is 11.8 Å². The van der Waals surface area contributed by atoms with Crippen molar-refractivity contribution >= 4 is 11.8 Å². The Kier molecular flexibility index (Phi) is 3.31. The molecule has 7 nitrogen and oxygen atoms in total. The maximum atomic E-state index is 11.9. The SMILES string of the molecule is CC1NC(=O)CN(Cc2ncnn2C(C)C)C1=O. The maximum absolute atomic E-state index is 11.9. The minimum absolute atomic E-state index is 0.0775. The molecule has 0 spiro atoms. The summed E-state index contributed by atoms with van der Waals surface area (Å²) in [6, 6.07) is -0.296. The van der Waals surface area contributed by atoms with Gasteiger partial charge >= 0.3 is 0 Å². The maximum Gasteiger partial charge on any atom is 0.245 e. The quantitative estimate of drug-likeness (QED) is 0.800. The molecule has 1 aliphatic heterocycles. The van der Waals surface area contributed by atoms with Crippen LogP contribution >= 0.6 is 0 Å². The lowest BCUT2D eigenvalue weighted by atomic mass is 10.2. The Morgan fingerprint density at radius 1 is 1.50 bits per heavy atom. The second-order valence-electron chi connectivity index (χ2n) is 4.70. The first-order chi connectivity index (χ1) is 8.49. The summed E-state index contributed by atoms with van der Waals surface area (Å²) >= 11 is 0. The zero-order valence-electron chi connectivity index (χ0n) is 10.8. The van der Waals surface area contributed by atoms with Gasteiger partial charge < -0.3 is 10.2 Å². The number of rotatable bonds is 3. The second-order valence-corrected chi connectivity index (χ2v) is 4.70. The van der Waals surface area contributed by atoms with Crippen LogP contribution in [0.2, 0.25) is 0 Å². The monoisotopic (exact) mass is 251 g/mol. The van der Waals surface area contributed by atoms with Crippen LogP contribution in [0, 0.1) is 0 Å². The Balaban J connectivity index is 2.15. The molecule has 1 atom stereocenters. The summed E-state index contributed by atoms with van der Waals surface area (Å²) in [5.41, 5.74) is 0. The van der Waals surface area contributed by atoms with Gasteiger partial charge in [0.05, 0.1) is 6.54 Å². The largest absolute Gasteiger partial charge is 0.343 e. The Morgan fingerprint density at radius 2 is 2.22 bits per heavy atom. The number of hydrogen-bond donors (Lipinski definition) is 1. The summed E-state index contributed by atoms with van der Waals surface area (Å²) in [7, 11) is 0. The van der Waals surface area contributed by atoms with E-state index in [1.54, 1.807) is 11.6 Å². The van der Waals surface area contributed by atoms with Crippen molar-refractivity contribution in [3.05, 3.63) is 12.2 Å². The zero-order valence-corrected chi connectivity index (χ0v) is 10.8. The van der Waals surface area contributed by atoms with Gasteiger partial charge in [0, 0.05) is 6.04 Å². The number of aromatic nitrogens is 3. The van der Waals surface area contributed by atoms with Crippen LogP contribution in [-0.2, 0) is 16.1 Å². The highest BCUT2D eigenvalue weighted by atomic mass is 16.2. The summed E-state index contributed by atoms with van der Waals surface area (Å²) < 4.78 is 1.75. The average molecular weight is 251 g/mol. The summed E-state index contributed by atoms with van der Waals surface area (Å²) in [6.07, 6.45) is 1.47. The molecule has 18 heavy (non-hydrogen) atoms. The molecule has 0 bridgehead atoms. The molecule has 1 aromatic rings. The molecular weight excluding hydrogens is 234 g/mol. The molecule has 98 valence electrons. The van der Waals surface area contributed by atoms with Crippen LogP contribution in [0.15, 0.2) is 6.33 Å². The third-order valence-corrected chi connectivity index (χ3v) is 2.86. The average Bonchev–Trinajstić information content (AvgIpc) is 2.73. The number of carbonyl (C=O) groups is 2. The molecule has 1 N–H and O–H groups in total. The van der Waals surface area contributed by atoms with Crippen LogP contribution in [0.3, 0.4) is 0 Å². The standard InChI is InChI=1S/C11H17N5O2/c1-7(2)16-9(12-6-13-16)4-15-5-10(17)14-8(3)11(15)18/h6-8H,4-5H2,1-3H3,(H,14,17). The third-order valence-electron chi connectivity index (χ3n) is 2.86. The van der Waals surface area contributed by atoms with Gasteiger partial charge in [0.25, 0.3) is 0 Å². The van der Waals surface area contributed by atoms with Crippen LogP contribution in [0.5, 0.6) is 0 Å². The van der Waals surface area contributed by atoms with Crippen molar-refractivity contribution in [1.29, 1.82) is 0 Å². The normalized spacial score (nSPS) is 20.4. The minimum Gasteiger partial charge on any atom is -0.343 e. The van der Waals surface area contributed by atoms with Gasteiger partial charge in [-0.3, -0.25) is 9.59 Å². The van der Waals surface area contributed by atoms with Gasteiger partial charge in [-0.05, 0) is 20.8 Å². The highest BCUT2D eigenvalue weighted by molar-refractivity contribution is 5.94. The van der Waals surface area contributed by atoms with Crippen molar-refractivity contribution in [3.8, 4) is 0 Å². The van der Waals surface area contributed by atoms with E-state index in [4.69, 9.17) is 0 Å². The van der Waals surface area contributed by atoms with E-state index in [-0.39, 0.29) is 24.4 Å². The van der Waals surface area contributed by atoms with Gasteiger partial charge in [-0.1, -0.05) is 0 Å². The third kappa shape index (κ3) is 2.34. The first kappa shape index (κ1) is 12.5. The lowest BCUT2D eigenvalue weighted by Gasteiger charge is -2.30. The van der Waals surface area contributed by atoms with E-state index in [2.05, 4.69) is 15.4 Å². The molecule has 1 aromatic heterocycles. The van der Waals surface area contributed by atoms with Crippen LogP contribution in [0.25, 0.3) is 0 Å². The Morgan fingerprint density at radius 3 is 2.89 bits per heavy atom. The van der Waals surface area contributed by atoms with E-state index >= 15 is 0 Å². The summed E-state index contributed by atoms with van der Waals surface area (Å²) in [6.45, 7) is 6.06. The number of nitrogens with one attached hydrogen (secondary N) is 1. The van der Waals surface area contributed by atoms with Crippen molar-refractivity contribution in [2.45, 2.75) is 39.4 Å². The molecule has 0 saturated carbocycles. The number of hydrogen-bond acceptors (Lipinski definition) is 4. The number of piperazine rings is 1.